The fourth-order valence-corrected chi connectivity index (χ4v) is 1.93. The van der Waals surface area contributed by atoms with E-state index in [1.165, 1.54) is 0 Å². The van der Waals surface area contributed by atoms with Gasteiger partial charge in [-0.05, 0) is 24.3 Å². The van der Waals surface area contributed by atoms with Gasteiger partial charge in [-0.1, -0.05) is 0 Å². The number of imidazole rings is 1. The molecule has 86 valence electrons. The van der Waals surface area contributed by atoms with E-state index < -0.39 is 0 Å². The summed E-state index contributed by atoms with van der Waals surface area (Å²) in [6.45, 7) is 0.565. The van der Waals surface area contributed by atoms with E-state index in [1.54, 1.807) is 13.3 Å². The third-order valence-corrected chi connectivity index (χ3v) is 2.76. The zero-order valence-corrected chi connectivity index (χ0v) is 9.43. The molecule has 1 N–H and O–H groups in total. The predicted molar refractivity (Wildman–Crippen MR) is 64.2 cm³/mol. The van der Waals surface area contributed by atoms with Crippen LogP contribution >= 0.6 is 0 Å². The van der Waals surface area contributed by atoms with Gasteiger partial charge in [0.25, 0.3) is 0 Å². The number of H-pyrrole nitrogens is 1. The third-order valence-electron chi connectivity index (χ3n) is 2.76. The number of hydrogen-bond donors (Lipinski definition) is 1. The van der Waals surface area contributed by atoms with Gasteiger partial charge in [0.15, 0.2) is 0 Å². The molecule has 2 aromatic rings. The molecule has 1 aromatic carbocycles. The van der Waals surface area contributed by atoms with Gasteiger partial charge in [0.05, 0.1) is 7.11 Å². The van der Waals surface area contributed by atoms with Crippen LogP contribution < -0.4 is 9.47 Å². The van der Waals surface area contributed by atoms with Crippen LogP contribution in [0.15, 0.2) is 36.7 Å². The van der Waals surface area contributed by atoms with Crippen molar-refractivity contribution >= 4 is 5.57 Å². The monoisotopic (exact) mass is 228 g/mol. The van der Waals surface area contributed by atoms with E-state index >= 15 is 0 Å². The molecule has 0 amide bonds. The molecule has 0 saturated heterocycles. The SMILES string of the molecule is COc1ccc2c(c1)C(c1ncc[nH]1)=CCO2. The molecule has 1 aliphatic rings. The van der Waals surface area contributed by atoms with E-state index in [0.717, 1.165) is 28.5 Å². The Bertz CT molecular complexity index is 559. The standard InChI is InChI=1S/C13H12N2O2/c1-16-9-2-3-12-11(8-9)10(4-7-17-12)13-14-5-6-15-13/h2-6,8H,7H2,1H3,(H,14,15). The van der Waals surface area contributed by atoms with Gasteiger partial charge in [-0.15, -0.1) is 0 Å². The molecule has 0 bridgehead atoms. The average Bonchev–Trinajstić information content (AvgIpc) is 2.91. The molecule has 0 fully saturated rings. The normalized spacial score (nSPS) is 13.6. The van der Waals surface area contributed by atoms with E-state index in [0.29, 0.717) is 6.61 Å². The smallest absolute Gasteiger partial charge is 0.137 e. The highest BCUT2D eigenvalue weighted by Crippen LogP contribution is 2.35. The van der Waals surface area contributed by atoms with E-state index in [-0.39, 0.29) is 0 Å². The molecule has 3 rings (SSSR count). The Morgan fingerprint density at radius 1 is 1.41 bits per heavy atom. The van der Waals surface area contributed by atoms with E-state index in [9.17, 15) is 0 Å². The molecule has 4 heteroatoms. The van der Waals surface area contributed by atoms with E-state index in [2.05, 4.69) is 9.97 Å². The molecule has 0 aliphatic carbocycles. The van der Waals surface area contributed by atoms with Gasteiger partial charge in [-0.3, -0.25) is 0 Å². The number of benzene rings is 1. The van der Waals surface area contributed by atoms with Crippen LogP contribution in [0, 0.1) is 0 Å². The van der Waals surface area contributed by atoms with Crippen molar-refractivity contribution < 1.29 is 9.47 Å². The first-order valence-electron chi connectivity index (χ1n) is 5.39. The van der Waals surface area contributed by atoms with Crippen LogP contribution in [0.1, 0.15) is 11.4 Å². The number of rotatable bonds is 2. The lowest BCUT2D eigenvalue weighted by molar-refractivity contribution is 0.355. The largest absolute Gasteiger partial charge is 0.497 e. The Labute approximate surface area is 98.9 Å². The number of hydrogen-bond acceptors (Lipinski definition) is 3. The first-order chi connectivity index (χ1) is 8.38. The number of fused-ring (bicyclic) bond motifs is 1. The Balaban J connectivity index is 2.12. The summed E-state index contributed by atoms with van der Waals surface area (Å²) >= 11 is 0. The Hall–Kier alpha value is -2.23. The summed E-state index contributed by atoms with van der Waals surface area (Å²) < 4.78 is 10.8. The van der Waals surface area contributed by atoms with Crippen LogP contribution in [-0.4, -0.2) is 23.7 Å². The van der Waals surface area contributed by atoms with Gasteiger partial charge < -0.3 is 14.5 Å². The van der Waals surface area contributed by atoms with Gasteiger partial charge in [0.1, 0.15) is 23.9 Å². The minimum atomic E-state index is 0.565. The van der Waals surface area contributed by atoms with Gasteiger partial charge in [-0.25, -0.2) is 4.98 Å². The number of nitrogens with zero attached hydrogens (tertiary/aromatic N) is 1. The quantitative estimate of drug-likeness (QED) is 0.857. The summed E-state index contributed by atoms with van der Waals surface area (Å²) in [5.41, 5.74) is 2.06. The Kier molecular flexibility index (Phi) is 2.33. The van der Waals surface area contributed by atoms with Crippen molar-refractivity contribution in [1.82, 2.24) is 9.97 Å². The summed E-state index contributed by atoms with van der Waals surface area (Å²) in [6.07, 6.45) is 5.57. The van der Waals surface area contributed by atoms with Gasteiger partial charge in [0, 0.05) is 23.5 Å². The summed E-state index contributed by atoms with van der Waals surface area (Å²) in [5.74, 6) is 2.52. The molecule has 1 aromatic heterocycles. The highest BCUT2D eigenvalue weighted by atomic mass is 16.5. The van der Waals surface area contributed by atoms with Crippen LogP contribution in [0.25, 0.3) is 5.57 Å². The van der Waals surface area contributed by atoms with Crippen molar-refractivity contribution in [2.24, 2.45) is 0 Å². The van der Waals surface area contributed by atoms with Crippen LogP contribution in [0.3, 0.4) is 0 Å². The maximum Gasteiger partial charge on any atom is 0.137 e. The lowest BCUT2D eigenvalue weighted by atomic mass is 10.0. The van der Waals surface area contributed by atoms with Crippen molar-refractivity contribution in [2.75, 3.05) is 13.7 Å². The lowest BCUT2D eigenvalue weighted by Gasteiger charge is -2.18. The molecule has 2 heterocycles. The van der Waals surface area contributed by atoms with Gasteiger partial charge in [-0.2, -0.15) is 0 Å². The molecule has 1 aliphatic heterocycles. The maximum atomic E-state index is 5.58. The van der Waals surface area contributed by atoms with Crippen LogP contribution in [-0.2, 0) is 0 Å². The highest BCUT2D eigenvalue weighted by molar-refractivity contribution is 5.81. The van der Waals surface area contributed by atoms with Crippen molar-refractivity contribution in [3.05, 3.63) is 48.1 Å². The second-order valence-electron chi connectivity index (χ2n) is 3.73. The number of methoxy groups -OCH3 is 1. The van der Waals surface area contributed by atoms with Crippen LogP contribution in [0.2, 0.25) is 0 Å². The van der Waals surface area contributed by atoms with Crippen molar-refractivity contribution in [2.45, 2.75) is 0 Å². The summed E-state index contributed by atoms with van der Waals surface area (Å²) in [7, 11) is 1.65. The molecule has 0 spiro atoms. The van der Waals surface area contributed by atoms with E-state index in [4.69, 9.17) is 9.47 Å². The molecule has 0 saturated carbocycles. The van der Waals surface area contributed by atoms with E-state index in [1.807, 2.05) is 30.5 Å². The number of aromatic nitrogens is 2. The minimum absolute atomic E-state index is 0.565. The Morgan fingerprint density at radius 3 is 3.12 bits per heavy atom. The fraction of sp³-hybridized carbons (Fsp3) is 0.154. The molecule has 0 radical (unpaired) electrons. The van der Waals surface area contributed by atoms with Gasteiger partial charge in [0.2, 0.25) is 0 Å². The molecule has 17 heavy (non-hydrogen) atoms. The van der Waals surface area contributed by atoms with Crippen molar-refractivity contribution in [3.63, 3.8) is 0 Å². The second-order valence-corrected chi connectivity index (χ2v) is 3.73. The highest BCUT2D eigenvalue weighted by Gasteiger charge is 2.17. The van der Waals surface area contributed by atoms with Gasteiger partial charge >= 0.3 is 0 Å². The summed E-state index contributed by atoms with van der Waals surface area (Å²) in [4.78, 5) is 7.38. The minimum Gasteiger partial charge on any atom is -0.497 e. The number of aromatic amines is 1. The topological polar surface area (TPSA) is 47.1 Å². The number of ether oxygens (including phenoxy) is 2. The molecule has 0 unspecified atom stereocenters. The van der Waals surface area contributed by atoms with Crippen LogP contribution in [0.5, 0.6) is 11.5 Å². The molecule has 4 nitrogen and oxygen atoms in total. The van der Waals surface area contributed by atoms with Crippen molar-refractivity contribution in [1.29, 1.82) is 0 Å². The zero-order valence-electron chi connectivity index (χ0n) is 9.43. The van der Waals surface area contributed by atoms with Crippen molar-refractivity contribution in [3.8, 4) is 11.5 Å². The zero-order chi connectivity index (χ0) is 11.7. The lowest BCUT2D eigenvalue weighted by Crippen LogP contribution is -2.06. The first-order valence-corrected chi connectivity index (χ1v) is 5.39. The second kappa shape index (κ2) is 3.97. The Morgan fingerprint density at radius 2 is 2.35 bits per heavy atom. The predicted octanol–water partition coefficient (Wildman–Crippen LogP) is 2.24. The average molecular weight is 228 g/mol. The summed E-state index contributed by atoms with van der Waals surface area (Å²) in [5, 5.41) is 0. The third kappa shape index (κ3) is 1.67. The maximum absolute atomic E-state index is 5.58. The molecular formula is C13H12N2O2. The molecule has 0 atom stereocenters. The summed E-state index contributed by atoms with van der Waals surface area (Å²) in [6, 6.07) is 5.77. The first kappa shape index (κ1) is 9.96. The fourth-order valence-electron chi connectivity index (χ4n) is 1.93. The molecular weight excluding hydrogens is 216 g/mol. The van der Waals surface area contributed by atoms with Crippen LogP contribution in [0.4, 0.5) is 0 Å². The number of nitrogens with one attached hydrogen (secondary N) is 1.